The maximum absolute atomic E-state index is 9.71. The van der Waals surface area contributed by atoms with Crippen molar-refractivity contribution in [1.29, 1.82) is 5.26 Å². The lowest BCUT2D eigenvalue weighted by molar-refractivity contribution is 0.171. The molecule has 126 valence electrons. The first-order valence-corrected chi connectivity index (χ1v) is 7.50. The molecule has 4 rings (SSSR count). The summed E-state index contributed by atoms with van der Waals surface area (Å²) >= 11 is 0. The molecule has 0 saturated carbocycles. The number of fused-ring (bicyclic) bond motifs is 2. The van der Waals surface area contributed by atoms with E-state index in [0.29, 0.717) is 28.6 Å². The number of ether oxygens (including phenoxy) is 4. The molecule has 25 heavy (non-hydrogen) atoms. The van der Waals surface area contributed by atoms with Crippen molar-refractivity contribution in [3.63, 3.8) is 0 Å². The normalized spacial score (nSPS) is 17.5. The molecule has 2 aromatic carbocycles. The van der Waals surface area contributed by atoms with Gasteiger partial charge in [-0.15, -0.1) is 0 Å². The molecule has 0 aromatic heterocycles. The Hall–Kier alpha value is -3.53. The summed E-state index contributed by atoms with van der Waals surface area (Å²) in [6, 6.07) is 10.4. The number of phenolic OH excluding ortho intramolecular Hbond substituents is 1. The molecule has 0 unspecified atom stereocenters. The van der Waals surface area contributed by atoms with E-state index in [1.54, 1.807) is 18.2 Å². The Bertz CT molecular complexity index is 945. The quantitative estimate of drug-likeness (QED) is 0.865. The number of methoxy groups -OCH3 is 1. The smallest absolute Gasteiger partial charge is 0.231 e. The second-order valence-electron chi connectivity index (χ2n) is 5.60. The standard InChI is InChI=1S/C18H14N2O5/c1-22-14-4-9(5-15-17(14)24-8-23-15)16-11-3-2-10(21)6-13(11)25-18(20)12(16)7-19/h2-6,16,21H,8,20H2,1H3/t16-/m1/s1. The molecule has 2 aromatic rings. The van der Waals surface area contributed by atoms with E-state index >= 15 is 0 Å². The number of benzene rings is 2. The predicted molar refractivity (Wildman–Crippen MR) is 86.5 cm³/mol. The average Bonchev–Trinajstić information content (AvgIpc) is 3.08. The van der Waals surface area contributed by atoms with Crippen LogP contribution in [0.3, 0.4) is 0 Å². The SMILES string of the molecule is COc1cc([C@H]2C(C#N)=C(N)Oc3cc(O)ccc32)cc2c1OCO2. The molecule has 2 aliphatic rings. The van der Waals surface area contributed by atoms with Gasteiger partial charge in [-0.1, -0.05) is 6.07 Å². The highest BCUT2D eigenvalue weighted by molar-refractivity contribution is 5.62. The highest BCUT2D eigenvalue weighted by Crippen LogP contribution is 2.48. The average molecular weight is 338 g/mol. The van der Waals surface area contributed by atoms with Gasteiger partial charge in [0.1, 0.15) is 23.1 Å². The molecule has 0 saturated heterocycles. The second-order valence-corrected chi connectivity index (χ2v) is 5.60. The van der Waals surface area contributed by atoms with E-state index in [4.69, 9.17) is 24.7 Å². The summed E-state index contributed by atoms with van der Waals surface area (Å²) in [6.07, 6.45) is 0. The summed E-state index contributed by atoms with van der Waals surface area (Å²) in [6.45, 7) is 0.108. The van der Waals surface area contributed by atoms with E-state index < -0.39 is 5.92 Å². The maximum Gasteiger partial charge on any atom is 0.231 e. The lowest BCUT2D eigenvalue weighted by atomic mass is 9.83. The molecule has 0 radical (unpaired) electrons. The Morgan fingerprint density at radius 2 is 2.08 bits per heavy atom. The minimum atomic E-state index is -0.474. The number of rotatable bonds is 2. The van der Waals surface area contributed by atoms with Crippen molar-refractivity contribution in [1.82, 2.24) is 0 Å². The summed E-state index contributed by atoms with van der Waals surface area (Å²) in [5.41, 5.74) is 7.67. The van der Waals surface area contributed by atoms with Crippen molar-refractivity contribution in [2.45, 2.75) is 5.92 Å². The van der Waals surface area contributed by atoms with Crippen LogP contribution >= 0.6 is 0 Å². The van der Waals surface area contributed by atoms with Crippen LogP contribution in [0.2, 0.25) is 0 Å². The summed E-state index contributed by atoms with van der Waals surface area (Å²) < 4.78 is 21.8. The monoisotopic (exact) mass is 338 g/mol. The lowest BCUT2D eigenvalue weighted by Gasteiger charge is -2.26. The molecule has 2 heterocycles. The molecule has 0 fully saturated rings. The molecule has 0 aliphatic carbocycles. The van der Waals surface area contributed by atoms with Gasteiger partial charge in [0, 0.05) is 11.6 Å². The Morgan fingerprint density at radius 3 is 2.84 bits per heavy atom. The fraction of sp³-hybridized carbons (Fsp3) is 0.167. The summed E-state index contributed by atoms with van der Waals surface area (Å²) in [4.78, 5) is 0. The van der Waals surface area contributed by atoms with Crippen LogP contribution in [0.4, 0.5) is 0 Å². The Kier molecular flexibility index (Phi) is 3.32. The van der Waals surface area contributed by atoms with Gasteiger partial charge in [0.25, 0.3) is 0 Å². The zero-order valence-corrected chi connectivity index (χ0v) is 13.3. The van der Waals surface area contributed by atoms with Gasteiger partial charge in [0.05, 0.1) is 13.0 Å². The highest BCUT2D eigenvalue weighted by Gasteiger charge is 2.33. The van der Waals surface area contributed by atoms with Crippen molar-refractivity contribution >= 4 is 0 Å². The zero-order chi connectivity index (χ0) is 17.6. The second kappa shape index (κ2) is 5.53. The first-order chi connectivity index (χ1) is 12.1. The molecular formula is C18H14N2O5. The van der Waals surface area contributed by atoms with Crippen LogP contribution < -0.4 is 24.7 Å². The molecule has 0 amide bonds. The van der Waals surface area contributed by atoms with Gasteiger partial charge >= 0.3 is 0 Å². The number of hydrogen-bond donors (Lipinski definition) is 2. The molecule has 0 spiro atoms. The molecule has 1 atom stereocenters. The van der Waals surface area contributed by atoms with Gasteiger partial charge in [0.2, 0.25) is 18.4 Å². The first kappa shape index (κ1) is 15.0. The minimum Gasteiger partial charge on any atom is -0.508 e. The number of nitriles is 1. The van der Waals surface area contributed by atoms with E-state index in [0.717, 1.165) is 5.56 Å². The minimum absolute atomic E-state index is 0.00207. The molecule has 2 aliphatic heterocycles. The third-order valence-corrected chi connectivity index (χ3v) is 4.22. The van der Waals surface area contributed by atoms with Gasteiger partial charge in [-0.25, -0.2) is 0 Å². The number of allylic oxidation sites excluding steroid dienone is 1. The van der Waals surface area contributed by atoms with Crippen LogP contribution in [0.25, 0.3) is 0 Å². The number of nitrogens with zero attached hydrogens (tertiary/aromatic N) is 1. The van der Waals surface area contributed by atoms with Crippen LogP contribution in [-0.4, -0.2) is 19.0 Å². The van der Waals surface area contributed by atoms with Crippen LogP contribution in [0.5, 0.6) is 28.7 Å². The van der Waals surface area contributed by atoms with Crippen LogP contribution in [0.1, 0.15) is 17.0 Å². The van der Waals surface area contributed by atoms with Gasteiger partial charge in [-0.2, -0.15) is 5.26 Å². The van der Waals surface area contributed by atoms with E-state index in [2.05, 4.69) is 6.07 Å². The van der Waals surface area contributed by atoms with E-state index in [-0.39, 0.29) is 24.0 Å². The maximum atomic E-state index is 9.71. The van der Waals surface area contributed by atoms with Crippen LogP contribution in [0.15, 0.2) is 41.8 Å². The van der Waals surface area contributed by atoms with E-state index in [1.807, 2.05) is 0 Å². The van der Waals surface area contributed by atoms with E-state index in [9.17, 15) is 10.4 Å². The number of phenols is 1. The molecule has 7 heteroatoms. The predicted octanol–water partition coefficient (Wildman–Crippen LogP) is 2.35. The van der Waals surface area contributed by atoms with Crippen LogP contribution in [-0.2, 0) is 0 Å². The molecule has 7 nitrogen and oxygen atoms in total. The van der Waals surface area contributed by atoms with Crippen molar-refractivity contribution < 1.29 is 24.1 Å². The number of aromatic hydroxyl groups is 1. The fourth-order valence-electron chi connectivity index (χ4n) is 3.10. The third-order valence-electron chi connectivity index (χ3n) is 4.22. The lowest BCUT2D eigenvalue weighted by Crippen LogP contribution is -2.21. The molecular weight excluding hydrogens is 324 g/mol. The highest BCUT2D eigenvalue weighted by atomic mass is 16.7. The number of hydrogen-bond acceptors (Lipinski definition) is 7. The summed E-state index contributed by atoms with van der Waals surface area (Å²) in [5.74, 6) is 1.55. The van der Waals surface area contributed by atoms with Gasteiger partial charge in [-0.05, 0) is 23.8 Å². The third kappa shape index (κ3) is 2.27. The first-order valence-electron chi connectivity index (χ1n) is 7.50. The largest absolute Gasteiger partial charge is 0.508 e. The summed E-state index contributed by atoms with van der Waals surface area (Å²) in [5, 5.41) is 19.3. The van der Waals surface area contributed by atoms with Gasteiger partial charge in [0.15, 0.2) is 11.5 Å². The van der Waals surface area contributed by atoms with Crippen molar-refractivity contribution in [2.75, 3.05) is 13.9 Å². The zero-order valence-electron chi connectivity index (χ0n) is 13.3. The molecule has 3 N–H and O–H groups in total. The van der Waals surface area contributed by atoms with Crippen molar-refractivity contribution in [2.24, 2.45) is 5.73 Å². The van der Waals surface area contributed by atoms with Crippen molar-refractivity contribution in [3.8, 4) is 34.8 Å². The Morgan fingerprint density at radius 1 is 1.24 bits per heavy atom. The Labute approximate surface area is 143 Å². The van der Waals surface area contributed by atoms with Gasteiger partial charge in [-0.3, -0.25) is 0 Å². The van der Waals surface area contributed by atoms with Crippen LogP contribution in [0, 0.1) is 11.3 Å². The molecule has 0 bridgehead atoms. The van der Waals surface area contributed by atoms with E-state index in [1.165, 1.54) is 19.2 Å². The number of nitrogens with two attached hydrogens (primary N) is 1. The van der Waals surface area contributed by atoms with Crippen molar-refractivity contribution in [3.05, 3.63) is 52.9 Å². The Balaban J connectivity index is 1.94. The summed E-state index contributed by atoms with van der Waals surface area (Å²) in [7, 11) is 1.53. The topological polar surface area (TPSA) is 107 Å². The van der Waals surface area contributed by atoms with Gasteiger partial charge < -0.3 is 29.8 Å². The fourth-order valence-corrected chi connectivity index (χ4v) is 3.10.